The van der Waals surface area contributed by atoms with Gasteiger partial charge in [0.15, 0.2) is 11.5 Å². The maximum Gasteiger partial charge on any atom is 0.253 e. The van der Waals surface area contributed by atoms with Crippen molar-refractivity contribution in [1.82, 2.24) is 30.1 Å². The molecular formula is C19H14BrFN6O2. The van der Waals surface area contributed by atoms with Crippen molar-refractivity contribution in [2.24, 2.45) is 0 Å². The van der Waals surface area contributed by atoms with E-state index in [-0.39, 0.29) is 24.9 Å². The Bertz CT molecular complexity index is 1170. The van der Waals surface area contributed by atoms with Crippen LogP contribution in [0.25, 0.3) is 17.0 Å². The van der Waals surface area contributed by atoms with E-state index in [0.29, 0.717) is 28.5 Å². The van der Waals surface area contributed by atoms with Gasteiger partial charge in [-0.3, -0.25) is 9.78 Å². The number of fused-ring (bicyclic) bond motifs is 1. The largest absolute Gasteiger partial charge is 0.475 e. The number of benzene rings is 1. The standard InChI is InChI=1S/C19H14BrFN6O2/c20-14-9-13(10-22-11-14)19(28)23-7-8-29-17-6-5-16-24-25-18(27(16)26-17)12-1-3-15(21)4-2-12/h1-6,9-11H,7-8H2,(H,23,28). The fourth-order valence-corrected chi connectivity index (χ4v) is 2.95. The first kappa shape index (κ1) is 18.9. The second-order valence-electron chi connectivity index (χ2n) is 5.97. The Hall–Kier alpha value is -3.40. The molecular weight excluding hydrogens is 443 g/mol. The molecule has 1 aromatic carbocycles. The molecule has 3 aromatic heterocycles. The van der Waals surface area contributed by atoms with E-state index in [4.69, 9.17) is 4.74 Å². The molecule has 3 heterocycles. The first-order chi connectivity index (χ1) is 14.1. The number of carbonyl (C=O) groups excluding carboxylic acids is 1. The van der Waals surface area contributed by atoms with Crippen LogP contribution in [0, 0.1) is 5.82 Å². The highest BCUT2D eigenvalue weighted by atomic mass is 79.9. The maximum absolute atomic E-state index is 13.2. The Labute approximate surface area is 172 Å². The van der Waals surface area contributed by atoms with Crippen molar-refractivity contribution in [1.29, 1.82) is 0 Å². The van der Waals surface area contributed by atoms with Crippen LogP contribution in [0.15, 0.2) is 59.3 Å². The SMILES string of the molecule is O=C(NCCOc1ccc2nnc(-c3ccc(F)cc3)n2n1)c1cncc(Br)c1. The van der Waals surface area contributed by atoms with Gasteiger partial charge in [0.1, 0.15) is 12.4 Å². The van der Waals surface area contributed by atoms with Gasteiger partial charge in [0.25, 0.3) is 5.91 Å². The topological polar surface area (TPSA) is 94.3 Å². The minimum Gasteiger partial charge on any atom is -0.475 e. The first-order valence-corrected chi connectivity index (χ1v) is 9.39. The molecule has 10 heteroatoms. The molecule has 0 aliphatic carbocycles. The van der Waals surface area contributed by atoms with Crippen LogP contribution >= 0.6 is 15.9 Å². The van der Waals surface area contributed by atoms with Gasteiger partial charge in [-0.2, -0.15) is 4.52 Å². The summed E-state index contributed by atoms with van der Waals surface area (Å²) in [5.74, 6) is 0.239. The lowest BCUT2D eigenvalue weighted by molar-refractivity contribution is 0.0946. The quantitative estimate of drug-likeness (QED) is 0.448. The molecule has 0 spiro atoms. The molecule has 8 nitrogen and oxygen atoms in total. The van der Waals surface area contributed by atoms with Gasteiger partial charge in [-0.1, -0.05) is 0 Å². The lowest BCUT2D eigenvalue weighted by Gasteiger charge is -2.08. The normalized spacial score (nSPS) is 10.8. The van der Waals surface area contributed by atoms with E-state index in [0.717, 1.165) is 4.47 Å². The fraction of sp³-hybridized carbons (Fsp3) is 0.105. The van der Waals surface area contributed by atoms with Gasteiger partial charge < -0.3 is 10.1 Å². The van der Waals surface area contributed by atoms with E-state index in [9.17, 15) is 9.18 Å². The van der Waals surface area contributed by atoms with Gasteiger partial charge in [-0.25, -0.2) is 4.39 Å². The number of amides is 1. The van der Waals surface area contributed by atoms with Crippen LogP contribution in [-0.2, 0) is 0 Å². The summed E-state index contributed by atoms with van der Waals surface area (Å²) in [6.45, 7) is 0.512. The second-order valence-corrected chi connectivity index (χ2v) is 6.88. The Balaban J connectivity index is 1.40. The molecule has 0 radical (unpaired) electrons. The Morgan fingerprint density at radius 1 is 1.14 bits per heavy atom. The van der Waals surface area contributed by atoms with E-state index in [1.54, 1.807) is 36.5 Å². The number of nitrogens with zero attached hydrogens (tertiary/aromatic N) is 5. The first-order valence-electron chi connectivity index (χ1n) is 8.60. The second kappa shape index (κ2) is 8.31. The molecule has 0 unspecified atom stereocenters. The van der Waals surface area contributed by atoms with Crippen molar-refractivity contribution in [2.75, 3.05) is 13.2 Å². The van der Waals surface area contributed by atoms with Crippen molar-refractivity contribution >= 4 is 27.5 Å². The van der Waals surface area contributed by atoms with Crippen molar-refractivity contribution in [3.8, 4) is 17.3 Å². The highest BCUT2D eigenvalue weighted by molar-refractivity contribution is 9.10. The Morgan fingerprint density at radius 2 is 1.97 bits per heavy atom. The predicted octanol–water partition coefficient (Wildman–Crippen LogP) is 2.90. The van der Waals surface area contributed by atoms with E-state index < -0.39 is 0 Å². The van der Waals surface area contributed by atoms with E-state index in [2.05, 4.69) is 41.5 Å². The zero-order valence-electron chi connectivity index (χ0n) is 14.9. The number of halogens is 2. The average molecular weight is 457 g/mol. The zero-order valence-corrected chi connectivity index (χ0v) is 16.5. The molecule has 0 saturated carbocycles. The third-order valence-electron chi connectivity index (χ3n) is 3.95. The molecule has 0 aliphatic rings. The number of nitrogens with one attached hydrogen (secondary N) is 1. The summed E-state index contributed by atoms with van der Waals surface area (Å²) in [7, 11) is 0. The van der Waals surface area contributed by atoms with Gasteiger partial charge in [0, 0.05) is 28.5 Å². The molecule has 29 heavy (non-hydrogen) atoms. The summed E-state index contributed by atoms with van der Waals surface area (Å²) < 4.78 is 21.0. The van der Waals surface area contributed by atoms with Gasteiger partial charge in [0.05, 0.1) is 12.1 Å². The lowest BCUT2D eigenvalue weighted by Crippen LogP contribution is -2.28. The average Bonchev–Trinajstić information content (AvgIpc) is 3.15. The third kappa shape index (κ3) is 4.37. The number of hydrogen-bond donors (Lipinski definition) is 1. The monoisotopic (exact) mass is 456 g/mol. The molecule has 0 aliphatic heterocycles. The minimum atomic E-state index is -0.333. The summed E-state index contributed by atoms with van der Waals surface area (Å²) in [6, 6.07) is 11.0. The predicted molar refractivity (Wildman–Crippen MR) is 106 cm³/mol. The fourth-order valence-electron chi connectivity index (χ4n) is 2.59. The molecule has 0 bridgehead atoms. The van der Waals surface area contributed by atoms with Crippen LogP contribution in [0.3, 0.4) is 0 Å². The summed E-state index contributed by atoms with van der Waals surface area (Å²) in [5.41, 5.74) is 1.66. The highest BCUT2D eigenvalue weighted by Crippen LogP contribution is 2.19. The third-order valence-corrected chi connectivity index (χ3v) is 4.38. The Kier molecular flexibility index (Phi) is 5.43. The van der Waals surface area contributed by atoms with Crippen molar-refractivity contribution in [3.63, 3.8) is 0 Å². The van der Waals surface area contributed by atoms with Crippen LogP contribution in [0.1, 0.15) is 10.4 Å². The smallest absolute Gasteiger partial charge is 0.253 e. The summed E-state index contributed by atoms with van der Waals surface area (Å²) in [6.07, 6.45) is 3.09. The van der Waals surface area contributed by atoms with E-state index >= 15 is 0 Å². The number of hydrogen-bond acceptors (Lipinski definition) is 6. The number of pyridine rings is 1. The van der Waals surface area contributed by atoms with Crippen molar-refractivity contribution in [2.45, 2.75) is 0 Å². The number of rotatable bonds is 6. The Morgan fingerprint density at radius 3 is 2.76 bits per heavy atom. The van der Waals surface area contributed by atoms with E-state index in [1.165, 1.54) is 22.8 Å². The van der Waals surface area contributed by atoms with Gasteiger partial charge in [-0.15, -0.1) is 15.3 Å². The van der Waals surface area contributed by atoms with Crippen molar-refractivity contribution in [3.05, 3.63) is 70.7 Å². The lowest BCUT2D eigenvalue weighted by atomic mass is 10.2. The van der Waals surface area contributed by atoms with Crippen LogP contribution in [0.4, 0.5) is 4.39 Å². The molecule has 0 atom stereocenters. The van der Waals surface area contributed by atoms with Crippen LogP contribution in [0.5, 0.6) is 5.88 Å². The molecule has 0 fully saturated rings. The summed E-state index contributed by atoms with van der Waals surface area (Å²) in [4.78, 5) is 16.0. The van der Waals surface area contributed by atoms with Crippen LogP contribution in [0.2, 0.25) is 0 Å². The molecule has 1 amide bonds. The van der Waals surface area contributed by atoms with Crippen molar-refractivity contribution < 1.29 is 13.9 Å². The molecule has 0 saturated heterocycles. The van der Waals surface area contributed by atoms with Crippen LogP contribution in [-0.4, -0.2) is 43.9 Å². The molecule has 146 valence electrons. The molecule has 4 rings (SSSR count). The van der Waals surface area contributed by atoms with Gasteiger partial charge in [-0.05, 0) is 52.3 Å². The molecule has 4 aromatic rings. The molecule has 1 N–H and O–H groups in total. The van der Waals surface area contributed by atoms with E-state index in [1.807, 2.05) is 0 Å². The number of aromatic nitrogens is 5. The van der Waals surface area contributed by atoms with Gasteiger partial charge >= 0.3 is 0 Å². The number of carbonyl (C=O) groups is 1. The number of ether oxygens (including phenoxy) is 1. The summed E-state index contributed by atoms with van der Waals surface area (Å²) in [5, 5.41) is 15.3. The van der Waals surface area contributed by atoms with Gasteiger partial charge in [0.2, 0.25) is 5.88 Å². The highest BCUT2D eigenvalue weighted by Gasteiger charge is 2.11. The maximum atomic E-state index is 13.2. The van der Waals surface area contributed by atoms with Crippen LogP contribution < -0.4 is 10.1 Å². The zero-order chi connectivity index (χ0) is 20.2. The minimum absolute atomic E-state index is 0.222. The summed E-state index contributed by atoms with van der Waals surface area (Å²) >= 11 is 3.28.